The molecule has 0 fully saturated rings. The summed E-state index contributed by atoms with van der Waals surface area (Å²) < 4.78 is 0. The Hall–Kier alpha value is -2.10. The minimum absolute atomic E-state index is 0.275. The molecule has 4 heteroatoms. The monoisotopic (exact) mass is 281 g/mol. The van der Waals surface area contributed by atoms with Crippen LogP contribution in [0.1, 0.15) is 41.3 Å². The van der Waals surface area contributed by atoms with Gasteiger partial charge in [-0.25, -0.2) is 4.98 Å². The highest BCUT2D eigenvalue weighted by molar-refractivity contribution is 5.77. The molecular formula is C17H19N3O. The summed E-state index contributed by atoms with van der Waals surface area (Å²) in [5.74, 6) is 0.675. The number of aromatic amines is 1. The van der Waals surface area contributed by atoms with Crippen molar-refractivity contribution in [3.63, 3.8) is 0 Å². The fourth-order valence-corrected chi connectivity index (χ4v) is 3.62. The molecule has 1 aromatic carbocycles. The van der Waals surface area contributed by atoms with E-state index in [2.05, 4.69) is 34.2 Å². The quantitative estimate of drug-likeness (QED) is 0.919. The summed E-state index contributed by atoms with van der Waals surface area (Å²) in [7, 11) is 0. The lowest BCUT2D eigenvalue weighted by atomic mass is 9.97. The zero-order chi connectivity index (χ0) is 14.2. The average molecular weight is 281 g/mol. The number of carbonyl (C=O) groups excluding carboxylic acids is 1. The number of amides is 1. The van der Waals surface area contributed by atoms with Crippen molar-refractivity contribution in [1.82, 2.24) is 14.9 Å². The van der Waals surface area contributed by atoms with E-state index in [0.29, 0.717) is 18.9 Å². The van der Waals surface area contributed by atoms with Crippen molar-refractivity contribution in [3.05, 3.63) is 53.1 Å². The Bertz CT molecular complexity index is 676. The van der Waals surface area contributed by atoms with Gasteiger partial charge in [0.05, 0.1) is 24.3 Å². The summed E-state index contributed by atoms with van der Waals surface area (Å²) in [5.41, 5.74) is 5.02. The van der Waals surface area contributed by atoms with Crippen LogP contribution < -0.4 is 0 Å². The first-order valence-electron chi connectivity index (χ1n) is 7.68. The van der Waals surface area contributed by atoms with E-state index < -0.39 is 0 Å². The summed E-state index contributed by atoms with van der Waals surface area (Å²) in [6, 6.07) is 8.55. The van der Waals surface area contributed by atoms with Gasteiger partial charge in [0.1, 0.15) is 0 Å². The third-order valence-electron chi connectivity index (χ3n) is 4.81. The van der Waals surface area contributed by atoms with Gasteiger partial charge in [0, 0.05) is 19.4 Å². The number of H-pyrrole nitrogens is 1. The molecule has 4 nitrogen and oxygen atoms in total. The van der Waals surface area contributed by atoms with Crippen molar-refractivity contribution < 1.29 is 4.79 Å². The fraction of sp³-hybridized carbons (Fsp3) is 0.412. The highest BCUT2D eigenvalue weighted by atomic mass is 16.2. The van der Waals surface area contributed by atoms with Crippen molar-refractivity contribution >= 4 is 5.91 Å². The Morgan fingerprint density at radius 2 is 2.24 bits per heavy atom. The number of nitrogens with zero attached hydrogens (tertiary/aromatic N) is 2. The topological polar surface area (TPSA) is 49.0 Å². The summed E-state index contributed by atoms with van der Waals surface area (Å²) >= 11 is 0. The number of aryl methyl sites for hydroxylation is 1. The summed E-state index contributed by atoms with van der Waals surface area (Å²) in [4.78, 5) is 22.0. The molecular weight excluding hydrogens is 262 g/mol. The normalized spacial score (nSPS) is 20.2. The van der Waals surface area contributed by atoms with Crippen molar-refractivity contribution in [1.29, 1.82) is 0 Å². The number of aromatic nitrogens is 2. The number of nitrogens with one attached hydrogen (secondary N) is 1. The Labute approximate surface area is 124 Å². The third kappa shape index (κ3) is 2.24. The second-order valence-corrected chi connectivity index (χ2v) is 6.03. The Morgan fingerprint density at radius 1 is 1.33 bits per heavy atom. The van der Waals surface area contributed by atoms with Gasteiger partial charge in [-0.15, -0.1) is 0 Å². The smallest absolute Gasteiger partial charge is 0.223 e. The maximum absolute atomic E-state index is 12.6. The third-order valence-corrected chi connectivity index (χ3v) is 4.81. The number of benzene rings is 1. The Kier molecular flexibility index (Phi) is 3.02. The molecule has 0 spiro atoms. The Balaban J connectivity index is 1.46. The zero-order valence-corrected chi connectivity index (χ0v) is 12.0. The summed E-state index contributed by atoms with van der Waals surface area (Å²) in [6.07, 6.45) is 5.45. The van der Waals surface area contributed by atoms with E-state index in [-0.39, 0.29) is 5.91 Å². The standard InChI is InChI=1S/C17H19N3O/c21-17(20-8-7-15-16(10-20)19-11-18-15)9-13-6-5-12-3-1-2-4-14(12)13/h1-4,11,13H,5-10H2,(H,18,19). The van der Waals surface area contributed by atoms with E-state index in [4.69, 9.17) is 0 Å². The lowest BCUT2D eigenvalue weighted by molar-refractivity contribution is -0.132. The first-order valence-corrected chi connectivity index (χ1v) is 7.68. The van der Waals surface area contributed by atoms with Crippen LogP contribution in [0.15, 0.2) is 30.6 Å². The molecule has 2 aliphatic rings. The number of rotatable bonds is 2. The maximum atomic E-state index is 12.6. The molecule has 108 valence electrons. The van der Waals surface area contributed by atoms with E-state index in [1.165, 1.54) is 11.1 Å². The molecule has 4 rings (SSSR count). The molecule has 1 unspecified atom stereocenters. The van der Waals surface area contributed by atoms with Crippen LogP contribution in [0.4, 0.5) is 0 Å². The lowest BCUT2D eigenvalue weighted by Gasteiger charge is -2.27. The number of carbonyl (C=O) groups is 1. The van der Waals surface area contributed by atoms with Crippen molar-refractivity contribution in [2.75, 3.05) is 6.54 Å². The van der Waals surface area contributed by atoms with E-state index in [9.17, 15) is 4.79 Å². The summed E-state index contributed by atoms with van der Waals surface area (Å²) in [6.45, 7) is 1.48. The summed E-state index contributed by atoms with van der Waals surface area (Å²) in [5, 5.41) is 0. The first-order chi connectivity index (χ1) is 10.3. The molecule has 1 aliphatic carbocycles. The highest BCUT2D eigenvalue weighted by Gasteiger charge is 2.28. The largest absolute Gasteiger partial charge is 0.347 e. The van der Waals surface area contributed by atoms with Crippen LogP contribution >= 0.6 is 0 Å². The molecule has 0 saturated heterocycles. The molecule has 1 amide bonds. The van der Waals surface area contributed by atoms with Gasteiger partial charge in [-0.3, -0.25) is 4.79 Å². The fourth-order valence-electron chi connectivity index (χ4n) is 3.62. The number of hydrogen-bond acceptors (Lipinski definition) is 2. The van der Waals surface area contributed by atoms with Crippen LogP contribution in [0.3, 0.4) is 0 Å². The molecule has 21 heavy (non-hydrogen) atoms. The number of hydrogen-bond donors (Lipinski definition) is 1. The van der Waals surface area contributed by atoms with Crippen molar-refractivity contribution in [2.24, 2.45) is 0 Å². The second-order valence-electron chi connectivity index (χ2n) is 6.03. The number of imidazole rings is 1. The zero-order valence-electron chi connectivity index (χ0n) is 12.0. The van der Waals surface area contributed by atoms with E-state index >= 15 is 0 Å². The number of fused-ring (bicyclic) bond motifs is 2. The molecule has 1 aliphatic heterocycles. The van der Waals surface area contributed by atoms with Crippen LogP contribution in [-0.2, 0) is 24.2 Å². The van der Waals surface area contributed by atoms with Crippen LogP contribution in [-0.4, -0.2) is 27.3 Å². The molecule has 2 aromatic rings. The molecule has 0 saturated carbocycles. The van der Waals surface area contributed by atoms with Gasteiger partial charge >= 0.3 is 0 Å². The molecule has 1 N–H and O–H groups in total. The van der Waals surface area contributed by atoms with Crippen LogP contribution in [0.5, 0.6) is 0 Å². The molecule has 0 radical (unpaired) electrons. The first kappa shape index (κ1) is 12.6. The van der Waals surface area contributed by atoms with Gasteiger partial charge in [0.15, 0.2) is 0 Å². The van der Waals surface area contributed by atoms with Crippen LogP contribution in [0, 0.1) is 0 Å². The van der Waals surface area contributed by atoms with Crippen LogP contribution in [0.2, 0.25) is 0 Å². The van der Waals surface area contributed by atoms with E-state index in [1.54, 1.807) is 6.33 Å². The van der Waals surface area contributed by atoms with Crippen molar-refractivity contribution in [3.8, 4) is 0 Å². The average Bonchev–Trinajstić information content (AvgIpc) is 3.13. The maximum Gasteiger partial charge on any atom is 0.223 e. The molecule has 1 atom stereocenters. The minimum Gasteiger partial charge on any atom is -0.347 e. The van der Waals surface area contributed by atoms with Gasteiger partial charge in [-0.1, -0.05) is 24.3 Å². The van der Waals surface area contributed by atoms with Gasteiger partial charge in [0.2, 0.25) is 5.91 Å². The lowest BCUT2D eigenvalue weighted by Crippen LogP contribution is -2.36. The van der Waals surface area contributed by atoms with Gasteiger partial charge < -0.3 is 9.88 Å². The van der Waals surface area contributed by atoms with E-state index in [1.807, 2.05) is 4.90 Å². The molecule has 1 aromatic heterocycles. The van der Waals surface area contributed by atoms with E-state index in [0.717, 1.165) is 37.2 Å². The van der Waals surface area contributed by atoms with Crippen LogP contribution in [0.25, 0.3) is 0 Å². The van der Waals surface area contributed by atoms with Gasteiger partial charge in [-0.05, 0) is 29.9 Å². The van der Waals surface area contributed by atoms with Crippen molar-refractivity contribution in [2.45, 2.75) is 38.1 Å². The SMILES string of the molecule is O=C(CC1CCc2ccccc21)N1CCc2nc[nH]c2C1. The van der Waals surface area contributed by atoms with Gasteiger partial charge in [-0.2, -0.15) is 0 Å². The second kappa shape index (κ2) is 5.02. The predicted octanol–water partition coefficient (Wildman–Crippen LogP) is 2.41. The highest BCUT2D eigenvalue weighted by Crippen LogP contribution is 2.35. The van der Waals surface area contributed by atoms with Gasteiger partial charge in [0.25, 0.3) is 0 Å². The predicted molar refractivity (Wildman–Crippen MR) is 79.8 cm³/mol. The minimum atomic E-state index is 0.275. The molecule has 2 heterocycles. The molecule has 0 bridgehead atoms. The Morgan fingerprint density at radius 3 is 3.19 bits per heavy atom.